The van der Waals surface area contributed by atoms with Gasteiger partial charge in [-0.3, -0.25) is 10.1 Å². The summed E-state index contributed by atoms with van der Waals surface area (Å²) in [6, 6.07) is 0. The van der Waals surface area contributed by atoms with Gasteiger partial charge in [-0.1, -0.05) is 0 Å². The van der Waals surface area contributed by atoms with E-state index < -0.39 is 0 Å². The molecule has 0 aliphatic carbocycles. The van der Waals surface area contributed by atoms with Crippen LogP contribution in [0.15, 0.2) is 0 Å². The number of primary amides is 1. The lowest BCUT2D eigenvalue weighted by Gasteiger charge is -2.02. The number of hydrogen-bond acceptors (Lipinski definition) is 3. The normalized spacial score (nSPS) is 13.2. The number of nitrogens with one attached hydrogen (secondary N) is 1. The molecule has 0 aromatic heterocycles. The minimum Gasteiger partial charge on any atom is -0.369 e. The monoisotopic (exact) mass is 134 g/mol. The van der Waals surface area contributed by atoms with Crippen LogP contribution in [0.4, 0.5) is 0 Å². The molecule has 0 aliphatic rings. The molecule has 0 saturated carbocycles. The molecule has 0 radical (unpaired) electrons. The molecule has 3 nitrogen and oxygen atoms in total. The van der Waals surface area contributed by atoms with Crippen LogP contribution in [0.2, 0.25) is 0 Å². The van der Waals surface area contributed by atoms with Gasteiger partial charge in [0.25, 0.3) is 0 Å². The van der Waals surface area contributed by atoms with Crippen molar-refractivity contribution in [3.8, 4) is 0 Å². The van der Waals surface area contributed by atoms with E-state index in [1.54, 1.807) is 0 Å². The number of carbonyl (C=O) groups excluding carboxylic acids is 1. The molecule has 1 unspecified atom stereocenters. The summed E-state index contributed by atoms with van der Waals surface area (Å²) in [5, 5.41) is 2.76. The SMILES string of the molecule is CC(S)NCC(N)=O. The molecular formula is C4H10N2OS. The van der Waals surface area contributed by atoms with Crippen molar-refractivity contribution < 1.29 is 4.79 Å². The van der Waals surface area contributed by atoms with E-state index in [4.69, 9.17) is 5.73 Å². The van der Waals surface area contributed by atoms with Crippen LogP contribution >= 0.6 is 12.6 Å². The molecule has 48 valence electrons. The summed E-state index contributed by atoms with van der Waals surface area (Å²) in [4.78, 5) is 10.0. The van der Waals surface area contributed by atoms with Crippen molar-refractivity contribution in [1.29, 1.82) is 0 Å². The van der Waals surface area contributed by atoms with E-state index in [0.717, 1.165) is 0 Å². The molecule has 0 aromatic carbocycles. The average molecular weight is 134 g/mol. The fraction of sp³-hybridized carbons (Fsp3) is 0.750. The first-order valence-corrected chi connectivity index (χ1v) is 2.84. The van der Waals surface area contributed by atoms with Crippen LogP contribution in [0.1, 0.15) is 6.92 Å². The number of carbonyl (C=O) groups is 1. The Morgan fingerprint density at radius 3 is 2.62 bits per heavy atom. The Labute approximate surface area is 54.0 Å². The van der Waals surface area contributed by atoms with Gasteiger partial charge in [0, 0.05) is 5.37 Å². The fourth-order valence-corrected chi connectivity index (χ4v) is 0.340. The highest BCUT2D eigenvalue weighted by molar-refractivity contribution is 7.80. The summed E-state index contributed by atoms with van der Waals surface area (Å²) < 4.78 is 0. The molecule has 0 heterocycles. The predicted octanol–water partition coefficient (Wildman–Crippen LogP) is -0.663. The highest BCUT2D eigenvalue weighted by Crippen LogP contribution is 1.82. The van der Waals surface area contributed by atoms with Gasteiger partial charge in [0.2, 0.25) is 5.91 Å². The van der Waals surface area contributed by atoms with E-state index in [2.05, 4.69) is 17.9 Å². The number of rotatable bonds is 3. The Balaban J connectivity index is 3.05. The number of hydrogen-bond donors (Lipinski definition) is 3. The van der Waals surface area contributed by atoms with Crippen molar-refractivity contribution >= 4 is 18.5 Å². The van der Waals surface area contributed by atoms with Gasteiger partial charge >= 0.3 is 0 Å². The molecule has 0 fully saturated rings. The summed E-state index contributed by atoms with van der Waals surface area (Å²) in [5.74, 6) is -0.356. The summed E-state index contributed by atoms with van der Waals surface area (Å²) in [6.07, 6.45) is 0. The van der Waals surface area contributed by atoms with E-state index in [0.29, 0.717) is 0 Å². The van der Waals surface area contributed by atoms with Crippen LogP contribution in [0, 0.1) is 0 Å². The van der Waals surface area contributed by atoms with Crippen LogP contribution in [0.3, 0.4) is 0 Å². The van der Waals surface area contributed by atoms with E-state index >= 15 is 0 Å². The lowest BCUT2D eigenvalue weighted by molar-refractivity contribution is -0.117. The van der Waals surface area contributed by atoms with E-state index in [1.165, 1.54) is 0 Å². The van der Waals surface area contributed by atoms with Gasteiger partial charge in [-0.2, -0.15) is 12.6 Å². The lowest BCUT2D eigenvalue weighted by Crippen LogP contribution is -2.31. The summed E-state index contributed by atoms with van der Waals surface area (Å²) in [7, 11) is 0. The van der Waals surface area contributed by atoms with Crippen LogP contribution in [-0.2, 0) is 4.79 Å². The van der Waals surface area contributed by atoms with Gasteiger partial charge < -0.3 is 5.73 Å². The third-order valence-corrected chi connectivity index (χ3v) is 0.754. The molecule has 0 rings (SSSR count). The molecule has 4 heteroatoms. The second-order valence-corrected chi connectivity index (χ2v) is 2.30. The van der Waals surface area contributed by atoms with Crippen molar-refractivity contribution in [2.45, 2.75) is 12.3 Å². The first kappa shape index (κ1) is 7.78. The van der Waals surface area contributed by atoms with E-state index in [1.807, 2.05) is 6.92 Å². The topological polar surface area (TPSA) is 55.1 Å². The second kappa shape index (κ2) is 3.74. The Morgan fingerprint density at radius 2 is 2.50 bits per heavy atom. The predicted molar refractivity (Wildman–Crippen MR) is 35.6 cm³/mol. The zero-order chi connectivity index (χ0) is 6.57. The summed E-state index contributed by atoms with van der Waals surface area (Å²) in [6.45, 7) is 2.02. The molecule has 1 atom stereocenters. The quantitative estimate of drug-likeness (QED) is 0.354. The maximum Gasteiger partial charge on any atom is 0.231 e. The van der Waals surface area contributed by atoms with Crippen LogP contribution < -0.4 is 11.1 Å². The zero-order valence-electron chi connectivity index (χ0n) is 4.72. The second-order valence-electron chi connectivity index (χ2n) is 1.52. The number of thiol groups is 1. The van der Waals surface area contributed by atoms with Crippen molar-refractivity contribution in [2.75, 3.05) is 6.54 Å². The van der Waals surface area contributed by atoms with Crippen molar-refractivity contribution in [3.05, 3.63) is 0 Å². The van der Waals surface area contributed by atoms with Gasteiger partial charge in [-0.15, -0.1) is 0 Å². The lowest BCUT2D eigenvalue weighted by atomic mass is 10.6. The summed E-state index contributed by atoms with van der Waals surface area (Å²) in [5.41, 5.74) is 4.81. The minimum atomic E-state index is -0.356. The molecule has 8 heavy (non-hydrogen) atoms. The van der Waals surface area contributed by atoms with Gasteiger partial charge in [-0.05, 0) is 6.92 Å². The van der Waals surface area contributed by atoms with Gasteiger partial charge in [0.05, 0.1) is 6.54 Å². The third-order valence-electron chi connectivity index (χ3n) is 0.572. The van der Waals surface area contributed by atoms with Gasteiger partial charge in [0.15, 0.2) is 0 Å². The fourth-order valence-electron chi connectivity index (χ4n) is 0.248. The Bertz CT molecular complexity index is 84.1. The molecule has 1 amide bonds. The van der Waals surface area contributed by atoms with Crippen LogP contribution in [-0.4, -0.2) is 17.8 Å². The van der Waals surface area contributed by atoms with Gasteiger partial charge in [0.1, 0.15) is 0 Å². The van der Waals surface area contributed by atoms with Crippen molar-refractivity contribution in [3.63, 3.8) is 0 Å². The molecular weight excluding hydrogens is 124 g/mol. The standard InChI is InChI=1S/C4H10N2OS/c1-3(8)6-2-4(5)7/h3,6,8H,2H2,1H3,(H2,5,7). The Kier molecular flexibility index (Phi) is 3.64. The van der Waals surface area contributed by atoms with E-state index in [-0.39, 0.29) is 17.8 Å². The molecule has 0 aromatic rings. The van der Waals surface area contributed by atoms with Crippen LogP contribution in [0.5, 0.6) is 0 Å². The minimum absolute atomic E-state index is 0.0301. The smallest absolute Gasteiger partial charge is 0.231 e. The first-order valence-electron chi connectivity index (χ1n) is 2.32. The maximum absolute atomic E-state index is 10.0. The van der Waals surface area contributed by atoms with Crippen LogP contribution in [0.25, 0.3) is 0 Å². The first-order chi connectivity index (χ1) is 3.63. The Hall–Kier alpha value is -0.220. The molecule has 0 bridgehead atoms. The average Bonchev–Trinajstić information content (AvgIpc) is 1.61. The largest absolute Gasteiger partial charge is 0.369 e. The molecule has 3 N–H and O–H groups in total. The zero-order valence-corrected chi connectivity index (χ0v) is 5.61. The number of amides is 1. The number of nitrogens with two attached hydrogens (primary N) is 1. The highest BCUT2D eigenvalue weighted by atomic mass is 32.1. The molecule has 0 spiro atoms. The van der Waals surface area contributed by atoms with Gasteiger partial charge in [-0.25, -0.2) is 0 Å². The molecule has 0 saturated heterocycles. The highest BCUT2D eigenvalue weighted by Gasteiger charge is 1.94. The summed E-state index contributed by atoms with van der Waals surface area (Å²) >= 11 is 3.95. The molecule has 0 aliphatic heterocycles. The Morgan fingerprint density at radius 1 is 2.00 bits per heavy atom. The maximum atomic E-state index is 10.0. The van der Waals surface area contributed by atoms with Crippen molar-refractivity contribution in [2.24, 2.45) is 5.73 Å². The van der Waals surface area contributed by atoms with Crippen molar-refractivity contribution in [1.82, 2.24) is 5.32 Å². The third kappa shape index (κ3) is 5.78. The van der Waals surface area contributed by atoms with E-state index in [9.17, 15) is 4.79 Å².